The Morgan fingerprint density at radius 3 is 2.00 bits per heavy atom. The number of allylic oxidation sites excluding steroid dienone is 2. The fourth-order valence-corrected chi connectivity index (χ4v) is 1.61. The van der Waals surface area contributed by atoms with Crippen LogP contribution in [0.25, 0.3) is 0 Å². The van der Waals surface area contributed by atoms with Crippen LogP contribution in [0.5, 0.6) is 0 Å². The van der Waals surface area contributed by atoms with Crippen LogP contribution in [-0.2, 0) is 0 Å². The predicted molar refractivity (Wildman–Crippen MR) is 65.7 cm³/mol. The summed E-state index contributed by atoms with van der Waals surface area (Å²) in [6, 6.07) is 0. The first-order valence-corrected chi connectivity index (χ1v) is 6.17. The minimum absolute atomic E-state index is 1.18. The molecule has 1 nitrogen and oxygen atoms in total. The molecule has 14 heavy (non-hydrogen) atoms. The Hall–Kier alpha value is -0.300. The molecule has 0 aromatic heterocycles. The Labute approximate surface area is 90.0 Å². The number of hydrogen-bond acceptors (Lipinski definition) is 1. The van der Waals surface area contributed by atoms with E-state index in [9.17, 15) is 0 Å². The molecule has 0 rings (SSSR count). The van der Waals surface area contributed by atoms with E-state index in [-0.39, 0.29) is 0 Å². The second kappa shape index (κ2) is 12.7. The first kappa shape index (κ1) is 13.7. The van der Waals surface area contributed by atoms with Crippen molar-refractivity contribution < 1.29 is 0 Å². The molecule has 84 valence electrons. The molecule has 0 aliphatic rings. The molecule has 0 amide bonds. The molecule has 0 atom stereocenters. The van der Waals surface area contributed by atoms with Crippen LogP contribution in [-0.4, -0.2) is 13.6 Å². The van der Waals surface area contributed by atoms with E-state index in [1.54, 1.807) is 0 Å². The van der Waals surface area contributed by atoms with Gasteiger partial charge < -0.3 is 5.32 Å². The Kier molecular flexibility index (Phi) is 12.4. The summed E-state index contributed by atoms with van der Waals surface area (Å²) in [7, 11) is 2.03. The summed E-state index contributed by atoms with van der Waals surface area (Å²) >= 11 is 0. The number of rotatable bonds is 10. The van der Waals surface area contributed by atoms with E-state index in [2.05, 4.69) is 24.4 Å². The van der Waals surface area contributed by atoms with Crippen molar-refractivity contribution in [1.82, 2.24) is 5.32 Å². The van der Waals surface area contributed by atoms with Crippen LogP contribution < -0.4 is 5.32 Å². The van der Waals surface area contributed by atoms with Gasteiger partial charge in [0.15, 0.2) is 0 Å². The van der Waals surface area contributed by atoms with E-state index in [4.69, 9.17) is 0 Å². The lowest BCUT2D eigenvalue weighted by Crippen LogP contribution is -2.06. The maximum atomic E-state index is 3.19. The molecular weight excluding hydrogens is 170 g/mol. The SMILES string of the molecule is C/C=C\CCCCCCCCCNC. The van der Waals surface area contributed by atoms with Gasteiger partial charge in [-0.2, -0.15) is 0 Å². The number of hydrogen-bond donors (Lipinski definition) is 1. The topological polar surface area (TPSA) is 12.0 Å². The fraction of sp³-hybridized carbons (Fsp3) is 0.846. The van der Waals surface area contributed by atoms with Gasteiger partial charge in [-0.25, -0.2) is 0 Å². The highest BCUT2D eigenvalue weighted by molar-refractivity contribution is 4.76. The van der Waals surface area contributed by atoms with Gasteiger partial charge in [0, 0.05) is 0 Å². The normalized spacial score (nSPS) is 11.3. The minimum atomic E-state index is 1.18. The molecule has 0 aromatic rings. The zero-order valence-corrected chi connectivity index (χ0v) is 10.0. The van der Waals surface area contributed by atoms with E-state index < -0.39 is 0 Å². The maximum Gasteiger partial charge on any atom is -0.00519 e. The van der Waals surface area contributed by atoms with E-state index >= 15 is 0 Å². The molecular formula is C13H27N. The van der Waals surface area contributed by atoms with Crippen molar-refractivity contribution >= 4 is 0 Å². The molecule has 0 aliphatic heterocycles. The molecule has 0 aliphatic carbocycles. The third-order valence-corrected chi connectivity index (χ3v) is 2.53. The number of unbranched alkanes of at least 4 members (excludes halogenated alkanes) is 7. The molecule has 1 N–H and O–H groups in total. The van der Waals surface area contributed by atoms with Crippen LogP contribution in [0.4, 0.5) is 0 Å². The molecule has 0 saturated carbocycles. The standard InChI is InChI=1S/C13H27N/c1-3-4-5-6-7-8-9-10-11-12-13-14-2/h3-4,14H,5-13H2,1-2H3/b4-3-. The Balaban J connectivity index is 2.85. The maximum absolute atomic E-state index is 3.19. The molecule has 0 spiro atoms. The van der Waals surface area contributed by atoms with Crippen molar-refractivity contribution in [3.8, 4) is 0 Å². The summed E-state index contributed by atoms with van der Waals surface area (Å²) in [5.41, 5.74) is 0. The average molecular weight is 197 g/mol. The third-order valence-electron chi connectivity index (χ3n) is 2.53. The van der Waals surface area contributed by atoms with Crippen LogP contribution in [0.3, 0.4) is 0 Å². The van der Waals surface area contributed by atoms with Crippen LogP contribution in [0, 0.1) is 0 Å². The number of nitrogens with one attached hydrogen (secondary N) is 1. The molecule has 0 unspecified atom stereocenters. The Morgan fingerprint density at radius 1 is 0.857 bits per heavy atom. The molecule has 0 saturated heterocycles. The summed E-state index contributed by atoms with van der Waals surface area (Å²) in [6.07, 6.45) is 15.5. The first-order valence-electron chi connectivity index (χ1n) is 6.17. The Bertz CT molecular complexity index is 118. The van der Waals surface area contributed by atoms with Gasteiger partial charge >= 0.3 is 0 Å². The van der Waals surface area contributed by atoms with Crippen LogP contribution in [0.2, 0.25) is 0 Å². The van der Waals surface area contributed by atoms with Crippen molar-refractivity contribution in [2.75, 3.05) is 13.6 Å². The molecule has 0 fully saturated rings. The van der Waals surface area contributed by atoms with Crippen molar-refractivity contribution in [2.45, 2.75) is 58.3 Å². The van der Waals surface area contributed by atoms with E-state index in [1.807, 2.05) is 7.05 Å². The van der Waals surface area contributed by atoms with Gasteiger partial charge in [-0.05, 0) is 39.8 Å². The van der Waals surface area contributed by atoms with Gasteiger partial charge in [-0.1, -0.05) is 44.3 Å². The lowest BCUT2D eigenvalue weighted by molar-refractivity contribution is 0.572. The molecule has 0 heterocycles. The van der Waals surface area contributed by atoms with Crippen LogP contribution in [0.15, 0.2) is 12.2 Å². The summed E-state index contributed by atoms with van der Waals surface area (Å²) in [5.74, 6) is 0. The highest BCUT2D eigenvalue weighted by Crippen LogP contribution is 2.08. The second-order valence-corrected chi connectivity index (χ2v) is 3.94. The minimum Gasteiger partial charge on any atom is -0.320 e. The van der Waals surface area contributed by atoms with Crippen molar-refractivity contribution in [3.63, 3.8) is 0 Å². The van der Waals surface area contributed by atoms with E-state index in [0.29, 0.717) is 0 Å². The molecule has 1 heteroatoms. The van der Waals surface area contributed by atoms with Gasteiger partial charge in [0.05, 0.1) is 0 Å². The van der Waals surface area contributed by atoms with Crippen LogP contribution >= 0.6 is 0 Å². The third kappa shape index (κ3) is 11.7. The molecule has 0 bridgehead atoms. The van der Waals surface area contributed by atoms with E-state index in [1.165, 1.54) is 57.9 Å². The van der Waals surface area contributed by atoms with E-state index in [0.717, 1.165) is 0 Å². The van der Waals surface area contributed by atoms with Gasteiger partial charge in [0.25, 0.3) is 0 Å². The van der Waals surface area contributed by atoms with Gasteiger partial charge in [0.1, 0.15) is 0 Å². The summed E-state index contributed by atoms with van der Waals surface area (Å²) in [4.78, 5) is 0. The fourth-order valence-electron chi connectivity index (χ4n) is 1.61. The summed E-state index contributed by atoms with van der Waals surface area (Å²) < 4.78 is 0. The lowest BCUT2D eigenvalue weighted by Gasteiger charge is -2.00. The zero-order valence-electron chi connectivity index (χ0n) is 10.0. The zero-order chi connectivity index (χ0) is 10.5. The second-order valence-electron chi connectivity index (χ2n) is 3.94. The highest BCUT2D eigenvalue weighted by atomic mass is 14.8. The molecule has 0 radical (unpaired) electrons. The quantitative estimate of drug-likeness (QED) is 0.414. The van der Waals surface area contributed by atoms with Crippen LogP contribution in [0.1, 0.15) is 58.3 Å². The monoisotopic (exact) mass is 197 g/mol. The summed E-state index contributed by atoms with van der Waals surface area (Å²) in [5, 5.41) is 3.19. The summed E-state index contributed by atoms with van der Waals surface area (Å²) in [6.45, 7) is 3.28. The van der Waals surface area contributed by atoms with Gasteiger partial charge in [-0.3, -0.25) is 0 Å². The molecule has 0 aromatic carbocycles. The lowest BCUT2D eigenvalue weighted by atomic mass is 10.1. The van der Waals surface area contributed by atoms with Crippen molar-refractivity contribution in [1.29, 1.82) is 0 Å². The predicted octanol–water partition coefficient (Wildman–Crippen LogP) is 3.90. The van der Waals surface area contributed by atoms with Gasteiger partial charge in [-0.15, -0.1) is 0 Å². The Morgan fingerprint density at radius 2 is 1.43 bits per heavy atom. The van der Waals surface area contributed by atoms with Gasteiger partial charge in [0.2, 0.25) is 0 Å². The largest absolute Gasteiger partial charge is 0.320 e. The highest BCUT2D eigenvalue weighted by Gasteiger charge is 1.90. The average Bonchev–Trinajstić information content (AvgIpc) is 2.21. The van der Waals surface area contributed by atoms with Crippen molar-refractivity contribution in [3.05, 3.63) is 12.2 Å². The van der Waals surface area contributed by atoms with Crippen molar-refractivity contribution in [2.24, 2.45) is 0 Å². The first-order chi connectivity index (χ1) is 6.91. The smallest absolute Gasteiger partial charge is 0.00519 e.